The van der Waals surface area contributed by atoms with Gasteiger partial charge in [0.25, 0.3) is 5.91 Å². The molecule has 3 aromatic rings. The summed E-state index contributed by atoms with van der Waals surface area (Å²) in [6.07, 6.45) is -1.03. The zero-order valence-corrected chi connectivity index (χ0v) is 19.7. The van der Waals surface area contributed by atoms with Crippen LogP contribution in [-0.2, 0) is 0 Å². The molecule has 186 valence electrons. The van der Waals surface area contributed by atoms with Crippen molar-refractivity contribution >= 4 is 28.3 Å². The Bertz CT molecular complexity index is 1170. The quantitative estimate of drug-likeness (QED) is 0.455. The third kappa shape index (κ3) is 6.55. The number of carbonyl (C=O) groups is 1. The van der Waals surface area contributed by atoms with Crippen LogP contribution in [0.15, 0.2) is 54.6 Å². The van der Waals surface area contributed by atoms with Gasteiger partial charge in [0.2, 0.25) is 0 Å². The van der Waals surface area contributed by atoms with E-state index in [-0.39, 0.29) is 5.56 Å². The van der Waals surface area contributed by atoms with E-state index in [1.807, 2.05) is 32.3 Å². The molecule has 4 rings (SSSR count). The van der Waals surface area contributed by atoms with E-state index >= 15 is 0 Å². The molecular weight excluding hydrogens is 457 g/mol. The molecular formula is C26H29F3N4O2. The summed E-state index contributed by atoms with van der Waals surface area (Å²) in [5.41, 5.74) is 2.20. The number of pyridine rings is 1. The van der Waals surface area contributed by atoms with Crippen molar-refractivity contribution in [1.29, 1.82) is 0 Å². The smallest absolute Gasteiger partial charge is 0.406 e. The molecule has 0 atom stereocenters. The van der Waals surface area contributed by atoms with E-state index in [1.165, 1.54) is 18.2 Å². The summed E-state index contributed by atoms with van der Waals surface area (Å²) in [7, 11) is 4.04. The van der Waals surface area contributed by atoms with Crippen LogP contribution in [0.1, 0.15) is 36.0 Å². The zero-order chi connectivity index (χ0) is 25.0. The van der Waals surface area contributed by atoms with Crippen LogP contribution >= 0.6 is 0 Å². The highest BCUT2D eigenvalue weighted by atomic mass is 19.4. The van der Waals surface area contributed by atoms with Gasteiger partial charge >= 0.3 is 6.36 Å². The summed E-state index contributed by atoms with van der Waals surface area (Å²) < 4.78 is 41.2. The number of halogens is 3. The molecule has 0 bridgehead atoms. The van der Waals surface area contributed by atoms with Crippen LogP contribution in [-0.4, -0.2) is 43.9 Å². The maximum absolute atomic E-state index is 12.4. The molecule has 1 amide bonds. The molecule has 2 aromatic carbocycles. The largest absolute Gasteiger partial charge is 0.573 e. The van der Waals surface area contributed by atoms with Gasteiger partial charge in [0.15, 0.2) is 0 Å². The molecule has 0 radical (unpaired) electrons. The first-order chi connectivity index (χ1) is 16.7. The van der Waals surface area contributed by atoms with Crippen molar-refractivity contribution in [3.05, 3.63) is 60.2 Å². The molecule has 9 heteroatoms. The minimum Gasteiger partial charge on any atom is -0.406 e. The van der Waals surface area contributed by atoms with Gasteiger partial charge in [-0.25, -0.2) is 4.98 Å². The number of nitrogens with one attached hydrogen (secondary N) is 2. The second kappa shape index (κ2) is 10.4. The van der Waals surface area contributed by atoms with Gasteiger partial charge in [-0.2, -0.15) is 0 Å². The average molecular weight is 487 g/mol. The lowest BCUT2D eigenvalue weighted by molar-refractivity contribution is -0.274. The number of nitrogens with zero attached hydrogens (tertiary/aromatic N) is 2. The first kappa shape index (κ1) is 24.6. The van der Waals surface area contributed by atoms with Crippen LogP contribution in [0.5, 0.6) is 5.75 Å². The van der Waals surface area contributed by atoms with Crippen LogP contribution in [0.25, 0.3) is 10.9 Å². The van der Waals surface area contributed by atoms with Crippen LogP contribution in [0.2, 0.25) is 0 Å². The van der Waals surface area contributed by atoms with Crippen LogP contribution in [0, 0.1) is 5.92 Å². The van der Waals surface area contributed by atoms with Crippen LogP contribution < -0.4 is 20.3 Å². The second-order valence-electron chi connectivity index (χ2n) is 9.09. The fourth-order valence-electron chi connectivity index (χ4n) is 4.49. The molecule has 6 nitrogen and oxygen atoms in total. The molecule has 1 fully saturated rings. The van der Waals surface area contributed by atoms with Crippen molar-refractivity contribution in [2.24, 2.45) is 5.92 Å². The standard InChI is InChI=1S/C26H29F3N4O2/c1-33(2)23-15-24(32-22-9-4-3-8-21(22)23)31-19-12-10-17(11-13-19)16-30-25(34)18-6-5-7-20(14-18)35-26(27,28)29/h3-9,14-15,17,19H,10-13,16H2,1-2H3,(H,30,34)(H,31,32). The van der Waals surface area contributed by atoms with E-state index < -0.39 is 18.0 Å². The third-order valence-corrected chi connectivity index (χ3v) is 6.26. The molecule has 1 heterocycles. The Morgan fingerprint density at radius 3 is 2.51 bits per heavy atom. The maximum Gasteiger partial charge on any atom is 0.573 e. The monoisotopic (exact) mass is 486 g/mol. The number of amides is 1. The van der Waals surface area contributed by atoms with E-state index in [0.717, 1.165) is 54.2 Å². The van der Waals surface area contributed by atoms with E-state index in [4.69, 9.17) is 4.98 Å². The Morgan fingerprint density at radius 1 is 1.06 bits per heavy atom. The van der Waals surface area contributed by atoms with Gasteiger partial charge in [-0.3, -0.25) is 4.79 Å². The Hall–Kier alpha value is -3.49. The Labute approximate surface area is 202 Å². The molecule has 0 saturated heterocycles. The van der Waals surface area contributed by atoms with E-state index in [1.54, 1.807) is 0 Å². The molecule has 2 N–H and O–H groups in total. The number of carbonyl (C=O) groups excluding carboxylic acids is 1. The number of hydrogen-bond acceptors (Lipinski definition) is 5. The SMILES string of the molecule is CN(C)c1cc(NC2CCC(CNC(=O)c3cccc(OC(F)(F)F)c3)CC2)nc2ccccc12. The zero-order valence-electron chi connectivity index (χ0n) is 19.7. The van der Waals surface area contributed by atoms with Crippen molar-refractivity contribution in [1.82, 2.24) is 10.3 Å². The molecule has 1 aromatic heterocycles. The van der Waals surface area contributed by atoms with Crippen LogP contribution in [0.3, 0.4) is 0 Å². The fourth-order valence-corrected chi connectivity index (χ4v) is 4.49. The molecule has 0 unspecified atom stereocenters. The average Bonchev–Trinajstić information content (AvgIpc) is 2.82. The van der Waals surface area contributed by atoms with E-state index in [0.29, 0.717) is 18.5 Å². The summed E-state index contributed by atoms with van der Waals surface area (Å²) in [4.78, 5) is 19.3. The van der Waals surface area contributed by atoms with Gasteiger partial charge in [0.1, 0.15) is 11.6 Å². The van der Waals surface area contributed by atoms with Crippen molar-refractivity contribution in [3.8, 4) is 5.75 Å². The van der Waals surface area contributed by atoms with Gasteiger partial charge in [-0.15, -0.1) is 13.2 Å². The van der Waals surface area contributed by atoms with E-state index in [9.17, 15) is 18.0 Å². The number of ether oxygens (including phenoxy) is 1. The second-order valence-corrected chi connectivity index (χ2v) is 9.09. The highest BCUT2D eigenvalue weighted by Gasteiger charge is 2.31. The van der Waals surface area contributed by atoms with Crippen molar-refractivity contribution in [3.63, 3.8) is 0 Å². The summed E-state index contributed by atoms with van der Waals surface area (Å²) in [6, 6.07) is 15.6. The number of aromatic nitrogens is 1. The number of hydrogen-bond donors (Lipinski definition) is 2. The number of fused-ring (bicyclic) bond motifs is 1. The molecule has 1 aliphatic carbocycles. The van der Waals surface area contributed by atoms with Gasteiger partial charge in [0, 0.05) is 49.4 Å². The Morgan fingerprint density at radius 2 is 1.80 bits per heavy atom. The maximum atomic E-state index is 12.4. The summed E-state index contributed by atoms with van der Waals surface area (Å²) >= 11 is 0. The van der Waals surface area contributed by atoms with Gasteiger partial charge < -0.3 is 20.3 Å². The molecule has 0 spiro atoms. The van der Waals surface area contributed by atoms with Crippen LogP contribution in [0.4, 0.5) is 24.7 Å². The number of alkyl halides is 3. The van der Waals surface area contributed by atoms with Gasteiger partial charge in [0.05, 0.1) is 5.52 Å². The van der Waals surface area contributed by atoms with Crippen molar-refractivity contribution in [2.75, 3.05) is 30.9 Å². The topological polar surface area (TPSA) is 66.5 Å². The number of benzene rings is 2. The van der Waals surface area contributed by atoms with Gasteiger partial charge in [-0.1, -0.05) is 24.3 Å². The highest BCUT2D eigenvalue weighted by Crippen LogP contribution is 2.30. The first-order valence-electron chi connectivity index (χ1n) is 11.7. The number of rotatable bonds is 7. The predicted octanol–water partition coefficient (Wildman–Crippen LogP) is 5.60. The highest BCUT2D eigenvalue weighted by molar-refractivity contribution is 5.94. The third-order valence-electron chi connectivity index (χ3n) is 6.26. The molecule has 1 saturated carbocycles. The minimum absolute atomic E-state index is 0.140. The van der Waals surface area contributed by atoms with Gasteiger partial charge in [-0.05, 0) is 55.9 Å². The fraction of sp³-hybridized carbons (Fsp3) is 0.385. The summed E-state index contributed by atoms with van der Waals surface area (Å²) in [5.74, 6) is 0.351. The minimum atomic E-state index is -4.79. The lowest BCUT2D eigenvalue weighted by atomic mass is 9.86. The lowest BCUT2D eigenvalue weighted by Crippen LogP contribution is -2.34. The van der Waals surface area contributed by atoms with Crippen molar-refractivity contribution < 1.29 is 22.7 Å². The predicted molar refractivity (Wildman–Crippen MR) is 131 cm³/mol. The molecule has 0 aliphatic heterocycles. The normalized spacial score (nSPS) is 18.2. The molecule has 35 heavy (non-hydrogen) atoms. The number of anilines is 2. The number of para-hydroxylation sites is 1. The molecule has 1 aliphatic rings. The lowest BCUT2D eigenvalue weighted by Gasteiger charge is -2.30. The summed E-state index contributed by atoms with van der Waals surface area (Å²) in [6.45, 7) is 0.481. The Kier molecular flexibility index (Phi) is 7.33. The Balaban J connectivity index is 1.29. The first-order valence-corrected chi connectivity index (χ1v) is 11.7. The van der Waals surface area contributed by atoms with Crippen molar-refractivity contribution in [2.45, 2.75) is 38.1 Å². The van der Waals surface area contributed by atoms with E-state index in [2.05, 4.69) is 32.4 Å². The summed E-state index contributed by atoms with van der Waals surface area (Å²) in [5, 5.41) is 7.53.